The lowest BCUT2D eigenvalue weighted by atomic mass is 10.2. The molecule has 4 N–H and O–H groups in total. The highest BCUT2D eigenvalue weighted by Crippen LogP contribution is 2.22. The van der Waals surface area contributed by atoms with Gasteiger partial charge in [0.15, 0.2) is 0 Å². The zero-order valence-corrected chi connectivity index (χ0v) is 15.7. The minimum Gasteiger partial charge on any atom is -0.352 e. The summed E-state index contributed by atoms with van der Waals surface area (Å²) in [4.78, 5) is 23.6. The standard InChI is InChI=1S/C18H26N4O2S/c1-12(2)11-22-8-6-13-10-14(4-5-16(13)22)20-17(23)15(7-9-25-3)21-18(19)24/h4-6,8,10,12,15H,7,9,11H2,1-3H3,(H,20,23)(H3,19,21,24). The van der Waals surface area contributed by atoms with E-state index in [1.807, 2.05) is 30.5 Å². The number of primary amides is 1. The lowest BCUT2D eigenvalue weighted by Crippen LogP contribution is -2.46. The van der Waals surface area contributed by atoms with Crippen LogP contribution in [0.2, 0.25) is 0 Å². The van der Waals surface area contributed by atoms with Crippen molar-refractivity contribution < 1.29 is 9.59 Å². The summed E-state index contributed by atoms with van der Waals surface area (Å²) in [6, 6.07) is 6.55. The van der Waals surface area contributed by atoms with E-state index in [9.17, 15) is 9.59 Å². The molecule has 2 rings (SSSR count). The molecule has 2 aromatic rings. The molecule has 0 bridgehead atoms. The smallest absolute Gasteiger partial charge is 0.312 e. The Morgan fingerprint density at radius 2 is 2.04 bits per heavy atom. The first-order valence-corrected chi connectivity index (χ1v) is 9.74. The number of thioether (sulfide) groups is 1. The number of carbonyl (C=O) groups is 2. The number of nitrogens with zero attached hydrogens (tertiary/aromatic N) is 1. The molecule has 7 heteroatoms. The quantitative estimate of drug-likeness (QED) is 0.674. The minimum atomic E-state index is -0.692. The summed E-state index contributed by atoms with van der Waals surface area (Å²) in [7, 11) is 0. The second kappa shape index (κ2) is 8.80. The molecule has 0 aliphatic carbocycles. The first-order valence-electron chi connectivity index (χ1n) is 8.35. The molecule has 0 fully saturated rings. The Labute approximate surface area is 152 Å². The molecule has 0 aliphatic rings. The third-order valence-corrected chi connectivity index (χ3v) is 4.49. The van der Waals surface area contributed by atoms with Gasteiger partial charge in [-0.25, -0.2) is 4.79 Å². The maximum atomic E-state index is 12.4. The summed E-state index contributed by atoms with van der Waals surface area (Å²) in [5, 5.41) is 6.45. The highest BCUT2D eigenvalue weighted by atomic mass is 32.2. The molecular weight excluding hydrogens is 336 g/mol. The van der Waals surface area contributed by atoms with Crippen molar-refractivity contribution in [2.24, 2.45) is 11.7 Å². The average molecular weight is 362 g/mol. The van der Waals surface area contributed by atoms with Crippen LogP contribution in [0.3, 0.4) is 0 Å². The number of urea groups is 1. The van der Waals surface area contributed by atoms with E-state index in [0.29, 0.717) is 18.0 Å². The Bertz CT molecular complexity index is 742. The van der Waals surface area contributed by atoms with Crippen molar-refractivity contribution in [3.8, 4) is 0 Å². The zero-order valence-electron chi connectivity index (χ0n) is 14.9. The Morgan fingerprint density at radius 1 is 1.28 bits per heavy atom. The summed E-state index contributed by atoms with van der Waals surface area (Å²) in [5.41, 5.74) is 7.02. The lowest BCUT2D eigenvalue weighted by molar-refractivity contribution is -0.117. The van der Waals surface area contributed by atoms with Crippen LogP contribution in [0.25, 0.3) is 10.9 Å². The van der Waals surface area contributed by atoms with Crippen molar-refractivity contribution in [1.82, 2.24) is 9.88 Å². The van der Waals surface area contributed by atoms with Crippen LogP contribution in [-0.4, -0.2) is 34.6 Å². The van der Waals surface area contributed by atoms with Gasteiger partial charge in [0.05, 0.1) is 0 Å². The third kappa shape index (κ3) is 5.42. The summed E-state index contributed by atoms with van der Waals surface area (Å²) in [6.45, 7) is 5.32. The number of anilines is 1. The molecule has 1 aromatic carbocycles. The second-order valence-electron chi connectivity index (χ2n) is 6.47. The van der Waals surface area contributed by atoms with Crippen LogP contribution < -0.4 is 16.4 Å². The van der Waals surface area contributed by atoms with E-state index in [4.69, 9.17) is 5.73 Å². The van der Waals surface area contributed by atoms with E-state index in [2.05, 4.69) is 35.2 Å². The first kappa shape index (κ1) is 19.2. The second-order valence-corrected chi connectivity index (χ2v) is 7.45. The van der Waals surface area contributed by atoms with Crippen LogP contribution in [0, 0.1) is 5.92 Å². The van der Waals surface area contributed by atoms with E-state index in [1.165, 1.54) is 0 Å². The monoisotopic (exact) mass is 362 g/mol. The normalized spacial score (nSPS) is 12.3. The topological polar surface area (TPSA) is 89.2 Å². The van der Waals surface area contributed by atoms with Gasteiger partial charge in [0.1, 0.15) is 6.04 Å². The Hall–Kier alpha value is -2.15. The fourth-order valence-corrected chi connectivity index (χ4v) is 3.21. The van der Waals surface area contributed by atoms with Crippen LogP contribution in [0.15, 0.2) is 30.5 Å². The highest BCUT2D eigenvalue weighted by Gasteiger charge is 2.19. The van der Waals surface area contributed by atoms with Crippen molar-refractivity contribution in [2.45, 2.75) is 32.9 Å². The number of amides is 3. The van der Waals surface area contributed by atoms with Gasteiger partial charge in [-0.15, -0.1) is 0 Å². The summed E-state index contributed by atoms with van der Waals surface area (Å²) in [6.07, 6.45) is 4.55. The molecule has 136 valence electrons. The molecule has 0 saturated heterocycles. The first-order chi connectivity index (χ1) is 11.9. The number of nitrogens with one attached hydrogen (secondary N) is 2. The number of rotatable bonds is 8. The molecule has 1 unspecified atom stereocenters. The van der Waals surface area contributed by atoms with E-state index >= 15 is 0 Å². The molecule has 0 radical (unpaired) electrons. The predicted molar refractivity (Wildman–Crippen MR) is 105 cm³/mol. The maximum Gasteiger partial charge on any atom is 0.312 e. The number of aromatic nitrogens is 1. The van der Waals surface area contributed by atoms with Crippen LogP contribution in [0.5, 0.6) is 0 Å². The van der Waals surface area contributed by atoms with Gasteiger partial charge in [-0.05, 0) is 48.6 Å². The van der Waals surface area contributed by atoms with Gasteiger partial charge in [-0.3, -0.25) is 4.79 Å². The Balaban J connectivity index is 2.12. The van der Waals surface area contributed by atoms with Gasteiger partial charge in [0.25, 0.3) is 0 Å². The highest BCUT2D eigenvalue weighted by molar-refractivity contribution is 7.98. The number of benzene rings is 1. The number of hydrogen-bond acceptors (Lipinski definition) is 3. The fraction of sp³-hybridized carbons (Fsp3) is 0.444. The van der Waals surface area contributed by atoms with Crippen molar-refractivity contribution in [1.29, 1.82) is 0 Å². The van der Waals surface area contributed by atoms with Crippen LogP contribution in [0.1, 0.15) is 20.3 Å². The minimum absolute atomic E-state index is 0.256. The van der Waals surface area contributed by atoms with Crippen molar-refractivity contribution in [2.75, 3.05) is 17.3 Å². The molecule has 6 nitrogen and oxygen atoms in total. The van der Waals surface area contributed by atoms with Crippen LogP contribution in [0.4, 0.5) is 10.5 Å². The van der Waals surface area contributed by atoms with Crippen molar-refractivity contribution in [3.63, 3.8) is 0 Å². The molecule has 1 aromatic heterocycles. The number of carbonyl (C=O) groups excluding carboxylic acids is 2. The Morgan fingerprint density at radius 3 is 2.68 bits per heavy atom. The predicted octanol–water partition coefficient (Wildman–Crippen LogP) is 3.03. The van der Waals surface area contributed by atoms with E-state index in [1.54, 1.807) is 11.8 Å². The molecule has 0 spiro atoms. The third-order valence-electron chi connectivity index (χ3n) is 3.84. The van der Waals surface area contributed by atoms with Gasteiger partial charge >= 0.3 is 6.03 Å². The molecule has 25 heavy (non-hydrogen) atoms. The van der Waals surface area contributed by atoms with Crippen molar-refractivity contribution >= 4 is 40.3 Å². The number of fused-ring (bicyclic) bond motifs is 1. The van der Waals surface area contributed by atoms with Gasteiger partial charge in [-0.1, -0.05) is 13.8 Å². The maximum absolute atomic E-state index is 12.4. The number of nitrogens with two attached hydrogens (primary N) is 1. The largest absolute Gasteiger partial charge is 0.352 e. The van der Waals surface area contributed by atoms with Crippen LogP contribution >= 0.6 is 11.8 Å². The van der Waals surface area contributed by atoms with E-state index in [0.717, 1.165) is 23.2 Å². The van der Waals surface area contributed by atoms with E-state index in [-0.39, 0.29) is 5.91 Å². The molecule has 0 aliphatic heterocycles. The Kier molecular flexibility index (Phi) is 6.75. The van der Waals surface area contributed by atoms with Crippen LogP contribution in [-0.2, 0) is 11.3 Å². The summed E-state index contributed by atoms with van der Waals surface area (Å²) < 4.78 is 2.21. The lowest BCUT2D eigenvalue weighted by Gasteiger charge is -2.17. The van der Waals surface area contributed by atoms with Gasteiger partial charge in [-0.2, -0.15) is 11.8 Å². The zero-order chi connectivity index (χ0) is 18.4. The van der Waals surface area contributed by atoms with Gasteiger partial charge < -0.3 is 20.9 Å². The van der Waals surface area contributed by atoms with Crippen molar-refractivity contribution in [3.05, 3.63) is 30.5 Å². The molecule has 3 amide bonds. The average Bonchev–Trinajstić information content (AvgIpc) is 2.92. The fourth-order valence-electron chi connectivity index (χ4n) is 2.74. The summed E-state index contributed by atoms with van der Waals surface area (Å²) in [5.74, 6) is 1.07. The van der Waals surface area contributed by atoms with Gasteiger partial charge in [0, 0.05) is 29.3 Å². The number of hydrogen-bond donors (Lipinski definition) is 3. The summed E-state index contributed by atoms with van der Waals surface area (Å²) >= 11 is 1.62. The molecule has 1 atom stereocenters. The molecule has 0 saturated carbocycles. The van der Waals surface area contributed by atoms with E-state index < -0.39 is 12.1 Å². The SMILES string of the molecule is CSCCC(NC(N)=O)C(=O)Nc1ccc2c(ccn2CC(C)C)c1. The molecular formula is C18H26N4O2S. The van der Waals surface area contributed by atoms with Gasteiger partial charge in [0.2, 0.25) is 5.91 Å². The molecule has 1 heterocycles.